The van der Waals surface area contributed by atoms with Crippen LogP contribution in [0.15, 0.2) is 36.7 Å². The van der Waals surface area contributed by atoms with Crippen molar-refractivity contribution in [3.05, 3.63) is 42.2 Å². The van der Waals surface area contributed by atoms with Crippen LogP contribution < -0.4 is 10.6 Å². The van der Waals surface area contributed by atoms with Gasteiger partial charge in [0, 0.05) is 24.6 Å². The minimum absolute atomic E-state index is 0.255. The Labute approximate surface area is 134 Å². The maximum Gasteiger partial charge on any atom is 0.407 e. The van der Waals surface area contributed by atoms with Gasteiger partial charge in [0.25, 0.3) is 0 Å². The molecule has 2 rings (SSSR count). The molecule has 0 atom stereocenters. The molecular weight excluding hydrogens is 294 g/mol. The summed E-state index contributed by atoms with van der Waals surface area (Å²) in [6, 6.07) is 7.21. The molecule has 0 aliphatic carbocycles. The summed E-state index contributed by atoms with van der Waals surface area (Å²) in [5.74, 6) is 0. The summed E-state index contributed by atoms with van der Waals surface area (Å²) >= 11 is 0. The molecule has 0 saturated heterocycles. The van der Waals surface area contributed by atoms with Gasteiger partial charge in [-0.1, -0.05) is 0 Å². The van der Waals surface area contributed by atoms with Crippen molar-refractivity contribution in [3.63, 3.8) is 0 Å². The molecule has 2 aromatic rings. The van der Waals surface area contributed by atoms with Crippen LogP contribution in [0.5, 0.6) is 0 Å². The molecule has 1 amide bonds. The number of ether oxygens (including phenoxy) is 1. The first kappa shape index (κ1) is 16.4. The zero-order valence-electron chi connectivity index (χ0n) is 13.3. The number of hydrogen-bond donors (Lipinski definition) is 2. The van der Waals surface area contributed by atoms with Gasteiger partial charge in [0.05, 0.1) is 5.69 Å². The van der Waals surface area contributed by atoms with Crippen LogP contribution >= 0.6 is 0 Å². The highest BCUT2D eigenvalue weighted by Crippen LogP contribution is 2.19. The van der Waals surface area contributed by atoms with Gasteiger partial charge in [0.1, 0.15) is 5.60 Å². The van der Waals surface area contributed by atoms with Gasteiger partial charge in [0.15, 0.2) is 6.19 Å². The third-order valence-corrected chi connectivity index (χ3v) is 2.85. The lowest BCUT2D eigenvalue weighted by Crippen LogP contribution is -2.32. The van der Waals surface area contributed by atoms with Crippen molar-refractivity contribution in [1.82, 2.24) is 15.1 Å². The lowest BCUT2D eigenvalue weighted by Gasteiger charge is -2.20. The Morgan fingerprint density at radius 3 is 2.83 bits per heavy atom. The second kappa shape index (κ2) is 6.83. The van der Waals surface area contributed by atoms with Crippen LogP contribution in [0.4, 0.5) is 10.5 Å². The first-order valence-electron chi connectivity index (χ1n) is 7.14. The molecule has 120 valence electrons. The molecule has 1 aromatic heterocycles. The van der Waals surface area contributed by atoms with Gasteiger partial charge in [-0.25, -0.2) is 9.48 Å². The molecule has 7 nitrogen and oxygen atoms in total. The van der Waals surface area contributed by atoms with E-state index in [1.165, 1.54) is 0 Å². The van der Waals surface area contributed by atoms with Gasteiger partial charge in [-0.05, 0) is 50.6 Å². The summed E-state index contributed by atoms with van der Waals surface area (Å²) in [4.78, 5) is 11.8. The van der Waals surface area contributed by atoms with Crippen molar-refractivity contribution in [3.8, 4) is 11.9 Å². The highest BCUT2D eigenvalue weighted by atomic mass is 16.6. The van der Waals surface area contributed by atoms with Gasteiger partial charge in [-0.3, -0.25) is 5.32 Å². The summed E-state index contributed by atoms with van der Waals surface area (Å²) in [7, 11) is 0. The maximum atomic E-state index is 11.8. The fourth-order valence-corrected chi connectivity index (χ4v) is 1.99. The monoisotopic (exact) mass is 313 g/mol. The smallest absolute Gasteiger partial charge is 0.407 e. The largest absolute Gasteiger partial charge is 0.444 e. The maximum absolute atomic E-state index is 11.8. The lowest BCUT2D eigenvalue weighted by molar-refractivity contribution is 0.0523. The second-order valence-corrected chi connectivity index (χ2v) is 5.89. The molecule has 0 spiro atoms. The number of nitrogens with one attached hydrogen (secondary N) is 2. The molecule has 0 aliphatic rings. The number of rotatable bonds is 4. The minimum Gasteiger partial charge on any atom is -0.444 e. The topological polar surface area (TPSA) is 92.0 Å². The second-order valence-electron chi connectivity index (χ2n) is 5.89. The van der Waals surface area contributed by atoms with Crippen LogP contribution in [-0.4, -0.2) is 21.5 Å². The molecule has 23 heavy (non-hydrogen) atoms. The highest BCUT2D eigenvalue weighted by Gasteiger charge is 2.16. The standard InChI is InChI=1S/C16H19N5O2/c1-16(2,3)23-15(22)18-10-12-9-13(19-11-17)5-6-14(12)21-8-4-7-20-21/h4-9,19H,10H2,1-3H3,(H,18,22). The number of alkyl carbamates (subject to hydrolysis) is 1. The van der Waals surface area contributed by atoms with Crippen LogP contribution in [0, 0.1) is 11.5 Å². The number of nitriles is 1. The average molecular weight is 313 g/mol. The van der Waals surface area contributed by atoms with E-state index in [1.807, 2.05) is 24.5 Å². The predicted molar refractivity (Wildman–Crippen MR) is 85.9 cm³/mol. The first-order chi connectivity index (χ1) is 10.9. The molecule has 0 aliphatic heterocycles. The fourth-order valence-electron chi connectivity index (χ4n) is 1.99. The number of nitrogens with zero attached hydrogens (tertiary/aromatic N) is 3. The van der Waals surface area contributed by atoms with E-state index in [4.69, 9.17) is 10.00 Å². The number of amides is 1. The number of carbonyl (C=O) groups excluding carboxylic acids is 1. The number of hydrogen-bond acceptors (Lipinski definition) is 5. The molecule has 1 heterocycles. The van der Waals surface area contributed by atoms with Crippen LogP contribution in [0.3, 0.4) is 0 Å². The number of benzene rings is 1. The summed E-state index contributed by atoms with van der Waals surface area (Å²) in [6.45, 7) is 5.67. The first-order valence-corrected chi connectivity index (χ1v) is 7.14. The summed E-state index contributed by atoms with van der Waals surface area (Å²) in [5.41, 5.74) is 1.71. The average Bonchev–Trinajstić information content (AvgIpc) is 2.98. The Bertz CT molecular complexity index is 711. The lowest BCUT2D eigenvalue weighted by atomic mass is 10.1. The minimum atomic E-state index is -0.556. The Morgan fingerprint density at radius 2 is 2.22 bits per heavy atom. The van der Waals surface area contributed by atoms with Crippen molar-refractivity contribution in [2.24, 2.45) is 0 Å². The molecule has 7 heteroatoms. The third kappa shape index (κ3) is 4.74. The number of anilines is 1. The van der Waals surface area contributed by atoms with Crippen molar-refractivity contribution < 1.29 is 9.53 Å². The van der Waals surface area contributed by atoms with Crippen LogP contribution in [-0.2, 0) is 11.3 Å². The summed E-state index contributed by atoms with van der Waals surface area (Å²) < 4.78 is 6.92. The van der Waals surface area contributed by atoms with Crippen LogP contribution in [0.1, 0.15) is 26.3 Å². The highest BCUT2D eigenvalue weighted by molar-refractivity contribution is 5.68. The molecule has 0 unspecified atom stereocenters. The fraction of sp³-hybridized carbons (Fsp3) is 0.312. The van der Waals surface area contributed by atoms with Crippen LogP contribution in [0.25, 0.3) is 5.69 Å². The Balaban J connectivity index is 2.19. The number of aromatic nitrogens is 2. The molecule has 2 N–H and O–H groups in total. The van der Waals surface area contributed by atoms with Crippen molar-refractivity contribution in [1.29, 1.82) is 5.26 Å². The Kier molecular flexibility index (Phi) is 4.86. The normalized spacial score (nSPS) is 10.7. The molecule has 0 fully saturated rings. The molecule has 0 bridgehead atoms. The van der Waals surface area contributed by atoms with E-state index in [2.05, 4.69) is 15.7 Å². The predicted octanol–water partition coefficient (Wildman–Crippen LogP) is 2.79. The van der Waals surface area contributed by atoms with E-state index in [1.54, 1.807) is 43.8 Å². The molecule has 0 radical (unpaired) electrons. The quantitative estimate of drug-likeness (QED) is 0.669. The van der Waals surface area contributed by atoms with Gasteiger partial charge < -0.3 is 10.1 Å². The van der Waals surface area contributed by atoms with E-state index in [0.29, 0.717) is 5.69 Å². The summed E-state index contributed by atoms with van der Waals surface area (Å²) in [6.07, 6.45) is 4.86. The molecular formula is C16H19N5O2. The number of carbonyl (C=O) groups is 1. The van der Waals surface area contributed by atoms with Crippen molar-refractivity contribution >= 4 is 11.8 Å². The summed E-state index contributed by atoms with van der Waals surface area (Å²) in [5, 5.41) is 18.2. The zero-order valence-corrected chi connectivity index (χ0v) is 13.3. The SMILES string of the molecule is CC(C)(C)OC(=O)NCc1cc(NC#N)ccc1-n1cccn1. The van der Waals surface area contributed by atoms with Gasteiger partial charge in [0.2, 0.25) is 0 Å². The van der Waals surface area contributed by atoms with Crippen molar-refractivity contribution in [2.45, 2.75) is 32.9 Å². The van der Waals surface area contributed by atoms with E-state index >= 15 is 0 Å². The van der Waals surface area contributed by atoms with E-state index < -0.39 is 11.7 Å². The van der Waals surface area contributed by atoms with Gasteiger partial charge >= 0.3 is 6.09 Å². The van der Waals surface area contributed by atoms with Gasteiger partial charge in [-0.15, -0.1) is 0 Å². The van der Waals surface area contributed by atoms with E-state index in [-0.39, 0.29) is 6.54 Å². The molecule has 1 aromatic carbocycles. The van der Waals surface area contributed by atoms with Crippen LogP contribution in [0.2, 0.25) is 0 Å². The van der Waals surface area contributed by atoms with E-state index in [0.717, 1.165) is 11.3 Å². The molecule has 0 saturated carbocycles. The third-order valence-electron chi connectivity index (χ3n) is 2.85. The Hall–Kier alpha value is -3.01. The zero-order chi connectivity index (χ0) is 16.9. The van der Waals surface area contributed by atoms with E-state index in [9.17, 15) is 4.79 Å². The van der Waals surface area contributed by atoms with Crippen molar-refractivity contribution in [2.75, 3.05) is 5.32 Å². The van der Waals surface area contributed by atoms with Gasteiger partial charge in [-0.2, -0.15) is 10.4 Å². The Morgan fingerprint density at radius 1 is 1.43 bits per heavy atom.